The van der Waals surface area contributed by atoms with Crippen molar-refractivity contribution in [2.45, 2.75) is 57.0 Å². The molecule has 0 amide bonds. The topological polar surface area (TPSA) is 65.6 Å². The summed E-state index contributed by atoms with van der Waals surface area (Å²) in [6.45, 7) is 0. The van der Waals surface area contributed by atoms with Gasteiger partial charge in [0.2, 0.25) is 0 Å². The molecule has 3 unspecified atom stereocenters. The van der Waals surface area contributed by atoms with Crippen LogP contribution in [0.4, 0.5) is 0 Å². The number of nitriles is 1. The van der Waals surface area contributed by atoms with Crippen molar-refractivity contribution in [2.75, 3.05) is 0 Å². The van der Waals surface area contributed by atoms with Crippen molar-refractivity contribution in [2.24, 2.45) is 28.0 Å². The van der Waals surface area contributed by atoms with Crippen LogP contribution >= 0.6 is 0 Å². The average molecular weight is 245 g/mol. The standard InChI is InChI=1S/C14H19N3O/c15-8-9-1-3-10(4-2-9)14(18)12-6-5-11-7-13(12)17-16-11/h9-13H,1-7H2. The van der Waals surface area contributed by atoms with Gasteiger partial charge in [0.1, 0.15) is 5.78 Å². The van der Waals surface area contributed by atoms with Gasteiger partial charge in [-0.25, -0.2) is 0 Å². The lowest BCUT2D eigenvalue weighted by Crippen LogP contribution is -2.36. The summed E-state index contributed by atoms with van der Waals surface area (Å²) >= 11 is 0. The molecule has 2 bridgehead atoms. The molecule has 0 radical (unpaired) electrons. The molecule has 4 heteroatoms. The summed E-state index contributed by atoms with van der Waals surface area (Å²) in [5, 5.41) is 17.4. The number of nitrogens with zero attached hydrogens (tertiary/aromatic N) is 3. The van der Waals surface area contributed by atoms with Gasteiger partial charge in [-0.2, -0.15) is 15.5 Å². The van der Waals surface area contributed by atoms with Crippen LogP contribution in [0.1, 0.15) is 44.9 Å². The van der Waals surface area contributed by atoms with Gasteiger partial charge < -0.3 is 0 Å². The number of carbonyl (C=O) groups excluding carboxylic acids is 1. The van der Waals surface area contributed by atoms with E-state index >= 15 is 0 Å². The van der Waals surface area contributed by atoms with E-state index in [1.165, 1.54) is 0 Å². The predicted molar refractivity (Wildman–Crippen MR) is 65.8 cm³/mol. The summed E-state index contributed by atoms with van der Waals surface area (Å²) in [7, 11) is 0. The fraction of sp³-hybridized carbons (Fsp3) is 0.857. The van der Waals surface area contributed by atoms with Gasteiger partial charge in [0.05, 0.1) is 18.2 Å². The summed E-state index contributed by atoms with van der Waals surface area (Å²) in [4.78, 5) is 12.6. The largest absolute Gasteiger partial charge is 0.299 e. The molecule has 2 fully saturated rings. The first-order valence-electron chi connectivity index (χ1n) is 7.11. The molecule has 0 spiro atoms. The van der Waals surface area contributed by atoms with Crippen LogP contribution in [-0.4, -0.2) is 17.9 Å². The molecule has 2 saturated carbocycles. The van der Waals surface area contributed by atoms with Crippen LogP contribution in [0.3, 0.4) is 0 Å². The molecular weight excluding hydrogens is 226 g/mol. The molecule has 0 aromatic heterocycles. The summed E-state index contributed by atoms with van der Waals surface area (Å²) in [6.07, 6.45) is 6.60. The van der Waals surface area contributed by atoms with Gasteiger partial charge in [-0.05, 0) is 44.9 Å². The third-order valence-electron chi connectivity index (χ3n) is 4.84. The van der Waals surface area contributed by atoms with Crippen LogP contribution < -0.4 is 0 Å². The number of carbonyl (C=O) groups is 1. The highest BCUT2D eigenvalue weighted by molar-refractivity contribution is 5.84. The Kier molecular flexibility index (Phi) is 3.15. The van der Waals surface area contributed by atoms with Crippen molar-refractivity contribution in [3.8, 4) is 6.07 Å². The Hall–Kier alpha value is -1.24. The van der Waals surface area contributed by atoms with Crippen molar-refractivity contribution >= 4 is 5.78 Å². The highest BCUT2D eigenvalue weighted by atomic mass is 16.1. The average Bonchev–Trinajstić information content (AvgIpc) is 2.80. The van der Waals surface area contributed by atoms with Crippen molar-refractivity contribution in [1.82, 2.24) is 0 Å². The van der Waals surface area contributed by atoms with E-state index in [1.54, 1.807) is 0 Å². The second-order valence-corrected chi connectivity index (χ2v) is 5.95. The van der Waals surface area contributed by atoms with E-state index in [2.05, 4.69) is 16.3 Å². The number of fused-ring (bicyclic) bond motifs is 2. The van der Waals surface area contributed by atoms with Crippen LogP contribution in [0, 0.1) is 29.1 Å². The Morgan fingerprint density at radius 3 is 2.56 bits per heavy atom. The fourth-order valence-electron chi connectivity index (χ4n) is 3.68. The Balaban J connectivity index is 1.61. The van der Waals surface area contributed by atoms with E-state index in [1.807, 2.05) is 0 Å². The van der Waals surface area contributed by atoms with Gasteiger partial charge in [-0.1, -0.05) is 0 Å². The second-order valence-electron chi connectivity index (χ2n) is 5.95. The van der Waals surface area contributed by atoms with E-state index in [-0.39, 0.29) is 23.8 Å². The predicted octanol–water partition coefficient (Wildman–Crippen LogP) is 2.89. The first-order valence-corrected chi connectivity index (χ1v) is 7.11. The maximum atomic E-state index is 12.6. The lowest BCUT2D eigenvalue weighted by atomic mass is 9.72. The summed E-state index contributed by atoms with van der Waals surface area (Å²) < 4.78 is 0. The van der Waals surface area contributed by atoms with Gasteiger partial charge in [0.25, 0.3) is 0 Å². The van der Waals surface area contributed by atoms with Crippen LogP contribution in [0.25, 0.3) is 0 Å². The lowest BCUT2D eigenvalue weighted by Gasteiger charge is -2.30. The normalized spacial score (nSPS) is 42.5. The number of hydrogen-bond donors (Lipinski definition) is 0. The zero-order valence-electron chi connectivity index (χ0n) is 10.6. The van der Waals surface area contributed by atoms with Crippen LogP contribution in [0.2, 0.25) is 0 Å². The van der Waals surface area contributed by atoms with E-state index in [0.717, 1.165) is 44.9 Å². The number of hydrogen-bond acceptors (Lipinski definition) is 4. The highest BCUT2D eigenvalue weighted by Crippen LogP contribution is 2.39. The van der Waals surface area contributed by atoms with Crippen molar-refractivity contribution in [3.63, 3.8) is 0 Å². The van der Waals surface area contributed by atoms with Gasteiger partial charge in [-0.3, -0.25) is 4.79 Å². The highest BCUT2D eigenvalue weighted by Gasteiger charge is 2.41. The molecule has 3 aliphatic rings. The molecule has 96 valence electrons. The van der Waals surface area contributed by atoms with Crippen molar-refractivity contribution < 1.29 is 4.79 Å². The molecule has 0 N–H and O–H groups in total. The van der Waals surface area contributed by atoms with E-state index in [9.17, 15) is 4.79 Å². The Bertz CT molecular complexity index is 404. The van der Waals surface area contributed by atoms with Crippen LogP contribution in [0.5, 0.6) is 0 Å². The lowest BCUT2D eigenvalue weighted by molar-refractivity contribution is -0.129. The van der Waals surface area contributed by atoms with Crippen molar-refractivity contribution in [3.05, 3.63) is 0 Å². The van der Waals surface area contributed by atoms with Gasteiger partial charge >= 0.3 is 0 Å². The number of azo groups is 1. The monoisotopic (exact) mass is 245 g/mol. The molecule has 4 nitrogen and oxygen atoms in total. The zero-order valence-corrected chi connectivity index (χ0v) is 10.6. The maximum Gasteiger partial charge on any atom is 0.141 e. The van der Waals surface area contributed by atoms with E-state index in [0.29, 0.717) is 11.8 Å². The molecule has 2 aliphatic carbocycles. The second kappa shape index (κ2) is 4.79. The molecule has 18 heavy (non-hydrogen) atoms. The molecular formula is C14H19N3O. The number of ketones is 1. The number of rotatable bonds is 2. The summed E-state index contributed by atoms with van der Waals surface area (Å²) in [6, 6.07) is 2.89. The quantitative estimate of drug-likeness (QED) is 0.750. The molecule has 0 saturated heterocycles. The molecule has 1 heterocycles. The Labute approximate surface area is 107 Å². The zero-order chi connectivity index (χ0) is 12.5. The molecule has 3 atom stereocenters. The van der Waals surface area contributed by atoms with Crippen LogP contribution in [-0.2, 0) is 4.79 Å². The van der Waals surface area contributed by atoms with Crippen molar-refractivity contribution in [1.29, 1.82) is 5.26 Å². The third kappa shape index (κ3) is 2.07. The fourth-order valence-corrected chi connectivity index (χ4v) is 3.68. The minimum absolute atomic E-state index is 0.121. The smallest absolute Gasteiger partial charge is 0.141 e. The minimum atomic E-state index is 0.121. The van der Waals surface area contributed by atoms with Gasteiger partial charge in [0.15, 0.2) is 0 Å². The van der Waals surface area contributed by atoms with E-state index < -0.39 is 0 Å². The Morgan fingerprint density at radius 1 is 1.06 bits per heavy atom. The molecule has 0 aromatic rings. The molecule has 3 rings (SSSR count). The summed E-state index contributed by atoms with van der Waals surface area (Å²) in [5.74, 6) is 0.898. The molecule has 1 aliphatic heterocycles. The Morgan fingerprint density at radius 2 is 1.83 bits per heavy atom. The first kappa shape index (κ1) is 11.8. The van der Waals surface area contributed by atoms with Gasteiger partial charge in [0, 0.05) is 17.8 Å². The SMILES string of the molecule is N#CC1CCC(C(=O)C2CCC3CC2N=N3)CC1. The van der Waals surface area contributed by atoms with E-state index in [4.69, 9.17) is 5.26 Å². The third-order valence-corrected chi connectivity index (χ3v) is 4.84. The molecule has 0 aromatic carbocycles. The number of Topliss-reactive ketones (excluding diaryl/α,β-unsaturated/α-hetero) is 1. The van der Waals surface area contributed by atoms with Crippen LogP contribution in [0.15, 0.2) is 10.2 Å². The summed E-state index contributed by atoms with van der Waals surface area (Å²) in [5.41, 5.74) is 0. The maximum absolute atomic E-state index is 12.6. The minimum Gasteiger partial charge on any atom is -0.299 e. The first-order chi connectivity index (χ1) is 8.78. The van der Waals surface area contributed by atoms with Gasteiger partial charge in [-0.15, -0.1) is 0 Å².